The van der Waals surface area contributed by atoms with Gasteiger partial charge in [-0.05, 0) is 19.1 Å². The van der Waals surface area contributed by atoms with Gasteiger partial charge in [-0.25, -0.2) is 23.5 Å². The Morgan fingerprint density at radius 2 is 2.13 bits per heavy atom. The number of fused-ring (bicyclic) bond motifs is 3. The van der Waals surface area contributed by atoms with Gasteiger partial charge < -0.3 is 19.9 Å². The number of hydrogen-bond donors (Lipinski definition) is 1. The van der Waals surface area contributed by atoms with E-state index in [2.05, 4.69) is 9.72 Å². The van der Waals surface area contributed by atoms with Crippen molar-refractivity contribution < 1.29 is 37.0 Å². The second kappa shape index (κ2) is 7.43. The van der Waals surface area contributed by atoms with E-state index in [-0.39, 0.29) is 24.7 Å². The molecular formula is C18H17F3N4O5. The number of hydrogen-bond acceptors (Lipinski definition) is 6. The third-order valence-corrected chi connectivity index (χ3v) is 4.79. The molecule has 0 bridgehead atoms. The Bertz CT molecular complexity index is 1010. The zero-order chi connectivity index (χ0) is 21.6. The molecule has 2 atom stereocenters. The summed E-state index contributed by atoms with van der Waals surface area (Å²) >= 11 is 0. The van der Waals surface area contributed by atoms with E-state index in [1.807, 2.05) is 0 Å². The van der Waals surface area contributed by atoms with Crippen molar-refractivity contribution in [2.24, 2.45) is 5.73 Å². The molecule has 1 fully saturated rings. The quantitative estimate of drug-likeness (QED) is 0.783. The minimum atomic E-state index is -2.93. The van der Waals surface area contributed by atoms with Gasteiger partial charge in [-0.2, -0.15) is 4.39 Å². The lowest BCUT2D eigenvalue weighted by Crippen LogP contribution is -2.39. The minimum Gasteiger partial charge on any atom is -0.491 e. The summed E-state index contributed by atoms with van der Waals surface area (Å²) in [6, 6.07) is 2.89. The highest BCUT2D eigenvalue weighted by Crippen LogP contribution is 2.38. The molecule has 2 aromatic rings. The minimum absolute atomic E-state index is 0.0267. The molecule has 1 saturated heterocycles. The van der Waals surface area contributed by atoms with Crippen LogP contribution < -0.4 is 20.1 Å². The molecule has 12 heteroatoms. The van der Waals surface area contributed by atoms with Gasteiger partial charge in [0.1, 0.15) is 36.6 Å². The number of rotatable bonds is 5. The van der Waals surface area contributed by atoms with Crippen molar-refractivity contribution in [1.29, 1.82) is 0 Å². The van der Waals surface area contributed by atoms with Crippen LogP contribution in [0, 0.1) is 5.95 Å². The van der Waals surface area contributed by atoms with Crippen molar-refractivity contribution in [3.8, 4) is 22.9 Å². The van der Waals surface area contributed by atoms with E-state index in [0.717, 1.165) is 4.57 Å². The summed E-state index contributed by atoms with van der Waals surface area (Å²) in [7, 11) is 0. The molecule has 1 aromatic carbocycles. The van der Waals surface area contributed by atoms with Crippen molar-refractivity contribution >= 4 is 17.8 Å². The number of halogens is 3. The van der Waals surface area contributed by atoms with Crippen LogP contribution in [0.2, 0.25) is 0 Å². The van der Waals surface area contributed by atoms with Gasteiger partial charge in [0.05, 0.1) is 12.1 Å². The summed E-state index contributed by atoms with van der Waals surface area (Å²) in [4.78, 5) is 27.8. The number of primary amides is 1. The van der Waals surface area contributed by atoms with Crippen molar-refractivity contribution in [2.75, 3.05) is 18.1 Å². The van der Waals surface area contributed by atoms with Gasteiger partial charge >= 0.3 is 6.09 Å². The fourth-order valence-electron chi connectivity index (χ4n) is 3.24. The molecule has 30 heavy (non-hydrogen) atoms. The molecule has 4 rings (SSSR count). The summed E-state index contributed by atoms with van der Waals surface area (Å²) in [6.07, 6.45) is -4.90. The molecule has 3 heterocycles. The number of benzene rings is 1. The number of ether oxygens (including phenoxy) is 3. The zero-order valence-electron chi connectivity index (χ0n) is 15.7. The molecule has 160 valence electrons. The third kappa shape index (κ3) is 3.27. The number of anilines is 1. The van der Waals surface area contributed by atoms with Crippen LogP contribution in [0.15, 0.2) is 18.2 Å². The van der Waals surface area contributed by atoms with Crippen LogP contribution in [-0.2, 0) is 16.1 Å². The number of nitrogens with two attached hydrogens (primary N) is 1. The molecule has 1 aromatic heterocycles. The topological polar surface area (TPSA) is 109 Å². The van der Waals surface area contributed by atoms with Gasteiger partial charge in [0.15, 0.2) is 11.9 Å². The maximum Gasteiger partial charge on any atom is 0.416 e. The maximum atomic E-state index is 15.1. The number of amides is 2. The molecular weight excluding hydrogens is 409 g/mol. The average Bonchev–Trinajstić information content (AvgIpc) is 3.16. The predicted molar refractivity (Wildman–Crippen MR) is 96.0 cm³/mol. The summed E-state index contributed by atoms with van der Waals surface area (Å²) in [5, 5.41) is 0. The highest BCUT2D eigenvalue weighted by Gasteiger charge is 2.44. The molecule has 9 nitrogen and oxygen atoms in total. The second-order valence-electron chi connectivity index (χ2n) is 6.72. The van der Waals surface area contributed by atoms with Gasteiger partial charge in [-0.1, -0.05) is 0 Å². The lowest BCUT2D eigenvalue weighted by molar-refractivity contribution is -0.123. The zero-order valence-corrected chi connectivity index (χ0v) is 15.7. The van der Waals surface area contributed by atoms with Gasteiger partial charge in [-0.3, -0.25) is 9.36 Å². The highest BCUT2D eigenvalue weighted by atomic mass is 19.3. The van der Waals surface area contributed by atoms with Gasteiger partial charge in [0, 0.05) is 6.07 Å². The Kier molecular flexibility index (Phi) is 4.92. The number of imidazole rings is 1. The van der Waals surface area contributed by atoms with Gasteiger partial charge in [0.2, 0.25) is 5.95 Å². The first kappa shape index (κ1) is 19.9. The number of carbonyl (C=O) groups excluding carboxylic acids is 2. The van der Waals surface area contributed by atoms with Crippen LogP contribution in [0.3, 0.4) is 0 Å². The molecule has 0 aliphatic carbocycles. The summed E-state index contributed by atoms with van der Waals surface area (Å²) in [5.41, 5.74) is 5.55. The van der Waals surface area contributed by atoms with Crippen molar-refractivity contribution in [3.63, 3.8) is 0 Å². The fraction of sp³-hybridized carbons (Fsp3) is 0.389. The van der Waals surface area contributed by atoms with Crippen LogP contribution >= 0.6 is 0 Å². The highest BCUT2D eigenvalue weighted by molar-refractivity contribution is 5.90. The largest absolute Gasteiger partial charge is 0.491 e. The smallest absolute Gasteiger partial charge is 0.416 e. The lowest BCUT2D eigenvalue weighted by Gasteiger charge is -2.18. The van der Waals surface area contributed by atoms with E-state index in [1.54, 1.807) is 0 Å². The first-order valence-corrected chi connectivity index (χ1v) is 9.01. The molecule has 2 aliphatic heterocycles. The number of alkyl halides is 2. The Morgan fingerprint density at radius 3 is 2.83 bits per heavy atom. The molecule has 0 saturated carbocycles. The predicted octanol–water partition coefficient (Wildman–Crippen LogP) is 1.92. The van der Waals surface area contributed by atoms with Crippen LogP contribution in [0.4, 0.5) is 23.8 Å². The van der Waals surface area contributed by atoms with Crippen LogP contribution in [-0.4, -0.2) is 53.3 Å². The standard InChI is InChI=1S/C18H17F3N4O5/c1-8(15(22)26)30-9-2-3-10-12(6-9)28-5-4-24-14(21)17(23-16(10)24)25-11(13(19)20)7-29-18(25)27/h2-3,6,8,11,13H,4-5,7H2,1H3,(H2,22,26)/t8?,11-/m0/s1. The van der Waals surface area contributed by atoms with Gasteiger partial charge in [0.25, 0.3) is 12.3 Å². The maximum absolute atomic E-state index is 15.1. The van der Waals surface area contributed by atoms with E-state index in [0.29, 0.717) is 16.2 Å². The summed E-state index contributed by atoms with van der Waals surface area (Å²) in [6.45, 7) is 0.998. The monoisotopic (exact) mass is 426 g/mol. The molecule has 2 aliphatic rings. The Morgan fingerprint density at radius 1 is 1.37 bits per heavy atom. The molecule has 2 amide bonds. The van der Waals surface area contributed by atoms with Crippen LogP contribution in [0.25, 0.3) is 11.4 Å². The lowest BCUT2D eigenvalue weighted by atomic mass is 10.1. The Hall–Kier alpha value is -3.44. The van der Waals surface area contributed by atoms with E-state index in [9.17, 15) is 18.4 Å². The van der Waals surface area contributed by atoms with E-state index in [4.69, 9.17) is 15.2 Å². The number of aromatic nitrogens is 2. The summed E-state index contributed by atoms with van der Waals surface area (Å²) in [5.74, 6) is -1.46. The van der Waals surface area contributed by atoms with Crippen molar-refractivity contribution in [2.45, 2.75) is 32.0 Å². The van der Waals surface area contributed by atoms with Crippen LogP contribution in [0.1, 0.15) is 6.92 Å². The third-order valence-electron chi connectivity index (χ3n) is 4.79. The molecule has 1 unspecified atom stereocenters. The first-order valence-electron chi connectivity index (χ1n) is 9.01. The summed E-state index contributed by atoms with van der Waals surface area (Å²) < 4.78 is 58.5. The molecule has 0 spiro atoms. The second-order valence-corrected chi connectivity index (χ2v) is 6.72. The fourth-order valence-corrected chi connectivity index (χ4v) is 3.24. The number of cyclic esters (lactones) is 1. The SMILES string of the molecule is CC(Oc1ccc2c(c1)OCCn1c-2nc(N2C(=O)OC[C@H]2C(F)F)c1F)C(N)=O. The van der Waals surface area contributed by atoms with E-state index < -0.39 is 48.9 Å². The normalized spacial score (nSPS) is 18.9. The number of carbonyl (C=O) groups is 2. The molecule has 0 radical (unpaired) electrons. The Balaban J connectivity index is 1.74. The van der Waals surface area contributed by atoms with Crippen LogP contribution in [0.5, 0.6) is 11.5 Å². The van der Waals surface area contributed by atoms with Gasteiger partial charge in [-0.15, -0.1) is 0 Å². The van der Waals surface area contributed by atoms with Crippen molar-refractivity contribution in [3.05, 3.63) is 24.1 Å². The Labute approximate surface area is 168 Å². The van der Waals surface area contributed by atoms with E-state index in [1.165, 1.54) is 25.1 Å². The van der Waals surface area contributed by atoms with E-state index >= 15 is 4.39 Å². The first-order chi connectivity index (χ1) is 14.3. The van der Waals surface area contributed by atoms with Crippen molar-refractivity contribution in [1.82, 2.24) is 9.55 Å². The average molecular weight is 426 g/mol. The molecule has 2 N–H and O–H groups in total. The number of nitrogens with zero attached hydrogens (tertiary/aromatic N) is 3.